The van der Waals surface area contributed by atoms with Gasteiger partial charge in [0.25, 0.3) is 0 Å². The van der Waals surface area contributed by atoms with Gasteiger partial charge >= 0.3 is 0 Å². The molecule has 0 amide bonds. The molecule has 0 bridgehead atoms. The van der Waals surface area contributed by atoms with Gasteiger partial charge in [-0.1, -0.05) is 36.1 Å². The summed E-state index contributed by atoms with van der Waals surface area (Å²) in [7, 11) is 3.25. The quantitative estimate of drug-likeness (QED) is 0.475. The van der Waals surface area contributed by atoms with E-state index in [1.54, 1.807) is 38.5 Å². The van der Waals surface area contributed by atoms with E-state index < -0.39 is 0 Å². The molecule has 3 heteroatoms. The summed E-state index contributed by atoms with van der Waals surface area (Å²) in [6.07, 6.45) is 0.591. The van der Waals surface area contributed by atoms with Gasteiger partial charge in [-0.05, 0) is 59.7 Å². The van der Waals surface area contributed by atoms with E-state index in [9.17, 15) is 4.79 Å². The van der Waals surface area contributed by atoms with Gasteiger partial charge in [0.2, 0.25) is 0 Å². The summed E-state index contributed by atoms with van der Waals surface area (Å²) in [6.45, 7) is 0. The van der Waals surface area contributed by atoms with E-state index in [0.717, 1.165) is 39.3 Å². The maximum atomic E-state index is 13.2. The summed E-state index contributed by atoms with van der Waals surface area (Å²) in [6, 6.07) is 22.9. The van der Waals surface area contributed by atoms with Crippen molar-refractivity contribution < 1.29 is 14.3 Å². The monoisotopic (exact) mass is 380 g/mol. The zero-order valence-electron chi connectivity index (χ0n) is 16.4. The Morgan fingerprint density at radius 3 is 2.07 bits per heavy atom. The van der Waals surface area contributed by atoms with Gasteiger partial charge < -0.3 is 9.47 Å². The van der Waals surface area contributed by atoms with Crippen molar-refractivity contribution in [3.63, 3.8) is 0 Å². The zero-order valence-corrected chi connectivity index (χ0v) is 16.4. The third-order valence-electron chi connectivity index (χ3n) is 5.00. The predicted octanol–water partition coefficient (Wildman–Crippen LogP) is 4.95. The molecule has 0 unspecified atom stereocenters. The number of fused-ring (bicyclic) bond motifs is 1. The smallest absolute Gasteiger partial charge is 0.190 e. The van der Waals surface area contributed by atoms with Crippen LogP contribution in [0.1, 0.15) is 27.0 Å². The van der Waals surface area contributed by atoms with E-state index in [2.05, 4.69) is 17.9 Å². The Morgan fingerprint density at radius 2 is 1.41 bits per heavy atom. The Kier molecular flexibility index (Phi) is 5.18. The zero-order chi connectivity index (χ0) is 20.2. The fourth-order valence-corrected chi connectivity index (χ4v) is 3.42. The second-order valence-electron chi connectivity index (χ2n) is 6.72. The molecule has 0 heterocycles. The van der Waals surface area contributed by atoms with E-state index in [0.29, 0.717) is 12.0 Å². The van der Waals surface area contributed by atoms with Gasteiger partial charge in [0.05, 0.1) is 14.2 Å². The summed E-state index contributed by atoms with van der Waals surface area (Å²) in [5, 5.41) is 0. The number of hydrogen-bond donors (Lipinski definition) is 0. The minimum atomic E-state index is 0.00267. The van der Waals surface area contributed by atoms with Gasteiger partial charge in [0.1, 0.15) is 11.5 Å². The molecule has 29 heavy (non-hydrogen) atoms. The van der Waals surface area contributed by atoms with Gasteiger partial charge in [0, 0.05) is 28.7 Å². The van der Waals surface area contributed by atoms with Crippen LogP contribution in [0.25, 0.3) is 5.57 Å². The highest BCUT2D eigenvalue weighted by Crippen LogP contribution is 2.34. The lowest BCUT2D eigenvalue weighted by molar-refractivity contribution is 0.103. The van der Waals surface area contributed by atoms with Gasteiger partial charge in [-0.25, -0.2) is 0 Å². The molecule has 0 saturated heterocycles. The van der Waals surface area contributed by atoms with Gasteiger partial charge in [-0.15, -0.1) is 0 Å². The van der Waals surface area contributed by atoms with E-state index in [-0.39, 0.29) is 5.78 Å². The molecular formula is C26H20O3. The van der Waals surface area contributed by atoms with Crippen LogP contribution in [0.2, 0.25) is 0 Å². The van der Waals surface area contributed by atoms with E-state index in [1.165, 1.54) is 0 Å². The fourth-order valence-electron chi connectivity index (χ4n) is 3.42. The minimum absolute atomic E-state index is 0.00267. The highest BCUT2D eigenvalue weighted by atomic mass is 16.5. The molecule has 3 aromatic carbocycles. The van der Waals surface area contributed by atoms with E-state index in [1.807, 2.05) is 42.5 Å². The van der Waals surface area contributed by atoms with Crippen LogP contribution < -0.4 is 9.47 Å². The highest BCUT2D eigenvalue weighted by Gasteiger charge is 2.25. The average molecular weight is 380 g/mol. The van der Waals surface area contributed by atoms with Crippen molar-refractivity contribution in [3.05, 3.63) is 101 Å². The maximum absolute atomic E-state index is 13.2. The number of ketones is 1. The summed E-state index contributed by atoms with van der Waals surface area (Å²) in [5.41, 5.74) is 5.21. The third kappa shape index (κ3) is 3.79. The van der Waals surface area contributed by atoms with Crippen LogP contribution in [0.15, 0.2) is 78.4 Å². The van der Waals surface area contributed by atoms with Crippen LogP contribution in [0.4, 0.5) is 0 Å². The summed E-state index contributed by atoms with van der Waals surface area (Å²) >= 11 is 0. The number of benzene rings is 3. The van der Waals surface area contributed by atoms with Crippen molar-refractivity contribution >= 4 is 11.4 Å². The molecular weight excluding hydrogens is 360 g/mol. The molecule has 0 fully saturated rings. The molecule has 3 nitrogen and oxygen atoms in total. The number of carbonyl (C=O) groups is 1. The van der Waals surface area contributed by atoms with Crippen molar-refractivity contribution in [3.8, 4) is 23.3 Å². The molecule has 0 N–H and O–H groups in total. The molecule has 0 aromatic heterocycles. The van der Waals surface area contributed by atoms with Gasteiger partial charge in [-0.2, -0.15) is 0 Å². The molecule has 1 aliphatic rings. The standard InChI is InChI=1S/C26H20O3/c1-28-21-12-7-18(8-13-21)9-16-24-23-6-4-3-5-20(23)17-25(24)26(27)19-10-14-22(29-2)15-11-19/h3-8,10-15H,17H2,1-2H3. The van der Waals surface area contributed by atoms with Crippen LogP contribution in [0.5, 0.6) is 11.5 Å². The predicted molar refractivity (Wildman–Crippen MR) is 114 cm³/mol. The first-order valence-electron chi connectivity index (χ1n) is 9.36. The van der Waals surface area contributed by atoms with Crippen LogP contribution in [-0.2, 0) is 6.42 Å². The summed E-state index contributed by atoms with van der Waals surface area (Å²) in [4.78, 5) is 13.2. The molecule has 0 saturated carbocycles. The average Bonchev–Trinajstić information content (AvgIpc) is 3.16. The molecule has 0 atom stereocenters. The Balaban J connectivity index is 1.74. The Labute approximate surface area is 170 Å². The Bertz CT molecular complexity index is 1140. The van der Waals surface area contributed by atoms with Crippen LogP contribution in [-0.4, -0.2) is 20.0 Å². The second-order valence-corrected chi connectivity index (χ2v) is 6.72. The van der Waals surface area contributed by atoms with Crippen LogP contribution in [0, 0.1) is 11.8 Å². The number of hydrogen-bond acceptors (Lipinski definition) is 3. The maximum Gasteiger partial charge on any atom is 0.190 e. The van der Waals surface area contributed by atoms with Crippen LogP contribution >= 0.6 is 0 Å². The highest BCUT2D eigenvalue weighted by molar-refractivity contribution is 6.16. The largest absolute Gasteiger partial charge is 0.497 e. The van der Waals surface area contributed by atoms with Crippen molar-refractivity contribution in [2.45, 2.75) is 6.42 Å². The number of rotatable bonds is 4. The number of carbonyl (C=O) groups excluding carboxylic acids is 1. The fraction of sp³-hybridized carbons (Fsp3) is 0.115. The Hall–Kier alpha value is -3.77. The number of Topliss-reactive ketones (excluding diaryl/α,β-unsaturated/α-hetero) is 1. The molecule has 142 valence electrons. The first-order chi connectivity index (χ1) is 14.2. The topological polar surface area (TPSA) is 35.5 Å². The van der Waals surface area contributed by atoms with Crippen molar-refractivity contribution in [2.75, 3.05) is 14.2 Å². The molecule has 1 aliphatic carbocycles. The van der Waals surface area contributed by atoms with Crippen molar-refractivity contribution in [2.24, 2.45) is 0 Å². The van der Waals surface area contributed by atoms with Crippen molar-refractivity contribution in [1.29, 1.82) is 0 Å². The summed E-state index contributed by atoms with van der Waals surface area (Å²) < 4.78 is 10.4. The first-order valence-corrected chi connectivity index (χ1v) is 9.36. The SMILES string of the molecule is COc1ccc(C#CC2=C(C(=O)c3ccc(OC)cc3)Cc3ccccc32)cc1. The first kappa shape index (κ1) is 18.6. The molecule has 0 aliphatic heterocycles. The van der Waals surface area contributed by atoms with E-state index in [4.69, 9.17) is 9.47 Å². The van der Waals surface area contributed by atoms with Gasteiger partial charge in [0.15, 0.2) is 5.78 Å². The Morgan fingerprint density at radius 1 is 0.793 bits per heavy atom. The lowest BCUT2D eigenvalue weighted by Crippen LogP contribution is -2.04. The van der Waals surface area contributed by atoms with Crippen molar-refractivity contribution in [1.82, 2.24) is 0 Å². The van der Waals surface area contributed by atoms with Crippen LogP contribution in [0.3, 0.4) is 0 Å². The molecule has 3 aromatic rings. The van der Waals surface area contributed by atoms with Gasteiger partial charge in [-0.3, -0.25) is 4.79 Å². The van der Waals surface area contributed by atoms with E-state index >= 15 is 0 Å². The normalized spacial score (nSPS) is 12.1. The number of ether oxygens (including phenoxy) is 2. The summed E-state index contributed by atoms with van der Waals surface area (Å²) in [5.74, 6) is 7.97. The number of allylic oxidation sites excluding steroid dienone is 2. The molecule has 0 spiro atoms. The number of methoxy groups -OCH3 is 2. The minimum Gasteiger partial charge on any atom is -0.497 e. The molecule has 0 radical (unpaired) electrons. The lowest BCUT2D eigenvalue weighted by atomic mass is 9.98. The molecule has 4 rings (SSSR count). The lowest BCUT2D eigenvalue weighted by Gasteiger charge is -2.05. The second kappa shape index (κ2) is 8.08. The third-order valence-corrected chi connectivity index (χ3v) is 5.00.